The van der Waals surface area contributed by atoms with E-state index in [0.29, 0.717) is 41.1 Å². The van der Waals surface area contributed by atoms with Gasteiger partial charge in [-0.15, -0.1) is 0 Å². The first kappa shape index (κ1) is 20.5. The Balaban J connectivity index is 1.59. The maximum Gasteiger partial charge on any atom is 0.161 e. The molecule has 0 fully saturated rings. The molecule has 0 saturated carbocycles. The Morgan fingerprint density at radius 2 is 1.87 bits per heavy atom. The van der Waals surface area contributed by atoms with Crippen molar-refractivity contribution in [1.29, 1.82) is 5.26 Å². The zero-order valence-corrected chi connectivity index (χ0v) is 17.7. The molecule has 5 nitrogen and oxygen atoms in total. The highest BCUT2D eigenvalue weighted by molar-refractivity contribution is 6.30. The second kappa shape index (κ2) is 9.38. The number of nitrogens with one attached hydrogen (secondary N) is 1. The highest BCUT2D eigenvalue weighted by Gasteiger charge is 2.10. The first-order chi connectivity index (χ1) is 15.2. The van der Waals surface area contributed by atoms with E-state index in [0.717, 1.165) is 22.2 Å². The summed E-state index contributed by atoms with van der Waals surface area (Å²) < 4.78 is 11.7. The molecule has 1 heterocycles. The summed E-state index contributed by atoms with van der Waals surface area (Å²) in [5.74, 6) is 1.79. The van der Waals surface area contributed by atoms with Gasteiger partial charge in [-0.25, -0.2) is 4.98 Å². The second-order valence-electron chi connectivity index (χ2n) is 6.83. The topological polar surface area (TPSA) is 70.9 Å². The third-order valence-corrected chi connectivity index (χ3v) is 4.90. The smallest absolute Gasteiger partial charge is 0.161 e. The molecular weight excluding hydrogens is 410 g/mol. The van der Waals surface area contributed by atoms with Gasteiger partial charge in [0.05, 0.1) is 23.2 Å². The van der Waals surface area contributed by atoms with Gasteiger partial charge in [-0.1, -0.05) is 41.9 Å². The maximum atomic E-state index is 9.68. The number of allylic oxidation sites excluding steroid dienone is 1. The lowest BCUT2D eigenvalue weighted by Crippen LogP contribution is -2.00. The van der Waals surface area contributed by atoms with E-state index >= 15 is 0 Å². The fraction of sp³-hybridized carbons (Fsp3) is 0.120. The van der Waals surface area contributed by atoms with Crippen LogP contribution in [0.4, 0.5) is 0 Å². The van der Waals surface area contributed by atoms with Crippen molar-refractivity contribution in [2.45, 2.75) is 13.5 Å². The van der Waals surface area contributed by atoms with Crippen LogP contribution in [0.3, 0.4) is 0 Å². The minimum absolute atomic E-state index is 0.398. The van der Waals surface area contributed by atoms with Gasteiger partial charge < -0.3 is 14.5 Å². The molecular formula is C25H20ClN3O2. The first-order valence-electron chi connectivity index (χ1n) is 9.87. The molecule has 0 radical (unpaired) electrons. The lowest BCUT2D eigenvalue weighted by atomic mass is 10.1. The van der Waals surface area contributed by atoms with Gasteiger partial charge in [0.2, 0.25) is 0 Å². The number of ether oxygens (including phenoxy) is 2. The summed E-state index contributed by atoms with van der Waals surface area (Å²) >= 11 is 5.94. The van der Waals surface area contributed by atoms with Crippen LogP contribution in [0.15, 0.2) is 66.7 Å². The van der Waals surface area contributed by atoms with Crippen molar-refractivity contribution in [3.63, 3.8) is 0 Å². The number of halogens is 1. The number of aromatic nitrogens is 2. The normalized spacial score (nSPS) is 11.3. The fourth-order valence-corrected chi connectivity index (χ4v) is 3.27. The van der Waals surface area contributed by atoms with Gasteiger partial charge in [0.1, 0.15) is 18.5 Å². The lowest BCUT2D eigenvalue weighted by Gasteiger charge is -2.13. The Bertz CT molecular complexity index is 1240. The molecule has 0 aliphatic heterocycles. The van der Waals surface area contributed by atoms with Crippen LogP contribution in [0.1, 0.15) is 23.9 Å². The van der Waals surface area contributed by atoms with Crippen LogP contribution in [-0.4, -0.2) is 16.6 Å². The van der Waals surface area contributed by atoms with Crippen LogP contribution in [-0.2, 0) is 6.61 Å². The average molecular weight is 430 g/mol. The van der Waals surface area contributed by atoms with Crippen molar-refractivity contribution in [2.24, 2.45) is 0 Å². The Kier molecular flexibility index (Phi) is 6.21. The number of hydrogen-bond acceptors (Lipinski definition) is 4. The summed E-state index contributed by atoms with van der Waals surface area (Å²) in [6.45, 7) is 2.81. The summed E-state index contributed by atoms with van der Waals surface area (Å²) in [4.78, 5) is 7.71. The molecule has 154 valence electrons. The molecule has 0 amide bonds. The molecule has 1 N–H and O–H groups in total. The van der Waals surface area contributed by atoms with Gasteiger partial charge in [-0.05, 0) is 60.5 Å². The summed E-state index contributed by atoms with van der Waals surface area (Å²) in [5.41, 5.74) is 3.97. The van der Waals surface area contributed by atoms with Crippen molar-refractivity contribution < 1.29 is 9.47 Å². The second-order valence-corrected chi connectivity index (χ2v) is 7.26. The van der Waals surface area contributed by atoms with Crippen LogP contribution >= 0.6 is 11.6 Å². The lowest BCUT2D eigenvalue weighted by molar-refractivity contribution is 0.269. The molecule has 0 aliphatic carbocycles. The summed E-state index contributed by atoms with van der Waals surface area (Å²) in [7, 11) is 0. The number of rotatable bonds is 7. The molecule has 31 heavy (non-hydrogen) atoms. The summed E-state index contributed by atoms with van der Waals surface area (Å²) in [6, 6.07) is 23.0. The van der Waals surface area contributed by atoms with Gasteiger partial charge in [0.25, 0.3) is 0 Å². The standard InChI is InChI=1S/C25H20ClN3O2/c1-2-30-24-14-18(9-12-23(24)31-16-17-7-10-20(26)11-8-17)13-19(15-27)25-28-21-5-3-4-6-22(21)29-25/h3-14H,2,16H2,1H3,(H,28,29)/b19-13+. The Hall–Kier alpha value is -3.75. The Morgan fingerprint density at radius 1 is 1.06 bits per heavy atom. The van der Waals surface area contributed by atoms with Crippen molar-refractivity contribution in [2.75, 3.05) is 6.61 Å². The number of aromatic amines is 1. The van der Waals surface area contributed by atoms with Crippen LogP contribution < -0.4 is 9.47 Å². The molecule has 3 aromatic carbocycles. The van der Waals surface area contributed by atoms with Crippen LogP contribution in [0, 0.1) is 11.3 Å². The van der Waals surface area contributed by atoms with Crippen LogP contribution in [0.5, 0.6) is 11.5 Å². The van der Waals surface area contributed by atoms with E-state index in [4.69, 9.17) is 21.1 Å². The molecule has 0 spiro atoms. The van der Waals surface area contributed by atoms with E-state index in [2.05, 4.69) is 16.0 Å². The molecule has 4 rings (SSSR count). The molecule has 0 unspecified atom stereocenters. The fourth-order valence-electron chi connectivity index (χ4n) is 3.14. The zero-order chi connectivity index (χ0) is 21.6. The largest absolute Gasteiger partial charge is 0.490 e. The minimum Gasteiger partial charge on any atom is -0.490 e. The number of nitriles is 1. The highest BCUT2D eigenvalue weighted by atomic mass is 35.5. The molecule has 6 heteroatoms. The zero-order valence-electron chi connectivity index (χ0n) is 16.9. The number of H-pyrrole nitrogens is 1. The predicted molar refractivity (Wildman–Crippen MR) is 123 cm³/mol. The van der Waals surface area contributed by atoms with Gasteiger partial charge in [0, 0.05) is 5.02 Å². The summed E-state index contributed by atoms with van der Waals surface area (Å²) in [6.07, 6.45) is 1.78. The molecule has 0 atom stereocenters. The van der Waals surface area contributed by atoms with Gasteiger partial charge in [-0.3, -0.25) is 0 Å². The van der Waals surface area contributed by atoms with Crippen molar-refractivity contribution in [3.05, 3.63) is 88.7 Å². The molecule has 1 aromatic heterocycles. The SMILES string of the molecule is CCOc1cc(/C=C(\C#N)c2nc3ccccc3[nH]2)ccc1OCc1ccc(Cl)cc1. The number of nitrogens with zero attached hydrogens (tertiary/aromatic N) is 2. The molecule has 0 saturated heterocycles. The van der Waals surface area contributed by atoms with E-state index in [1.165, 1.54) is 0 Å². The highest BCUT2D eigenvalue weighted by Crippen LogP contribution is 2.31. The Labute approximate surface area is 185 Å². The number of imidazole rings is 1. The minimum atomic E-state index is 0.398. The van der Waals surface area contributed by atoms with E-state index < -0.39 is 0 Å². The van der Waals surface area contributed by atoms with Gasteiger partial charge >= 0.3 is 0 Å². The summed E-state index contributed by atoms with van der Waals surface area (Å²) in [5, 5.41) is 10.4. The van der Waals surface area contributed by atoms with Gasteiger partial charge in [0.15, 0.2) is 11.5 Å². The quantitative estimate of drug-likeness (QED) is 0.352. The Morgan fingerprint density at radius 3 is 2.61 bits per heavy atom. The average Bonchev–Trinajstić information content (AvgIpc) is 3.22. The van der Waals surface area contributed by atoms with Crippen molar-refractivity contribution in [1.82, 2.24) is 9.97 Å². The van der Waals surface area contributed by atoms with Crippen molar-refractivity contribution in [3.8, 4) is 17.6 Å². The first-order valence-corrected chi connectivity index (χ1v) is 10.2. The molecule has 0 bridgehead atoms. The number of benzene rings is 3. The predicted octanol–water partition coefficient (Wildman–Crippen LogP) is 6.26. The third-order valence-electron chi connectivity index (χ3n) is 4.65. The van der Waals surface area contributed by atoms with E-state index in [9.17, 15) is 5.26 Å². The molecule has 0 aliphatic rings. The van der Waals surface area contributed by atoms with E-state index in [1.54, 1.807) is 6.08 Å². The maximum absolute atomic E-state index is 9.68. The third kappa shape index (κ3) is 4.88. The molecule has 4 aromatic rings. The number of hydrogen-bond donors (Lipinski definition) is 1. The van der Waals surface area contributed by atoms with Crippen LogP contribution in [0.2, 0.25) is 5.02 Å². The number of fused-ring (bicyclic) bond motifs is 1. The van der Waals surface area contributed by atoms with Crippen LogP contribution in [0.25, 0.3) is 22.7 Å². The van der Waals surface area contributed by atoms with E-state index in [-0.39, 0.29) is 0 Å². The van der Waals surface area contributed by atoms with Crippen molar-refractivity contribution >= 4 is 34.3 Å². The van der Waals surface area contributed by atoms with E-state index in [1.807, 2.05) is 73.7 Å². The monoisotopic (exact) mass is 429 g/mol. The van der Waals surface area contributed by atoms with Gasteiger partial charge in [-0.2, -0.15) is 5.26 Å². The number of para-hydroxylation sites is 2.